The van der Waals surface area contributed by atoms with Crippen LogP contribution in [-0.4, -0.2) is 78.4 Å². The fourth-order valence-corrected chi connectivity index (χ4v) is 5.01. The lowest BCUT2D eigenvalue weighted by Crippen LogP contribution is -2.46. The minimum absolute atomic E-state index is 0.0174. The minimum Gasteiger partial charge on any atom is -0.391 e. The molecule has 0 bridgehead atoms. The number of β-amino-alcohol motifs (C(OH)–C–C–N with tert-alkyl or cyclic N) is 1. The van der Waals surface area contributed by atoms with E-state index in [4.69, 9.17) is 0 Å². The fraction of sp³-hybridized carbons (Fsp3) is 0.519. The molecule has 1 N–H and O–H groups in total. The Morgan fingerprint density at radius 1 is 1.00 bits per heavy atom. The van der Waals surface area contributed by atoms with Gasteiger partial charge in [-0.15, -0.1) is 0 Å². The first-order valence-corrected chi connectivity index (χ1v) is 12.0. The molecule has 1 amide bonds. The summed E-state index contributed by atoms with van der Waals surface area (Å²) in [6, 6.07) is 16.7. The molecule has 4 rings (SSSR count). The van der Waals surface area contributed by atoms with Crippen molar-refractivity contribution in [2.75, 3.05) is 44.7 Å². The third kappa shape index (κ3) is 5.92. The summed E-state index contributed by atoms with van der Waals surface area (Å²) in [4.78, 5) is 18.9. The second-order valence-corrected chi connectivity index (χ2v) is 10.2. The highest BCUT2D eigenvalue weighted by Gasteiger charge is 2.27. The predicted octanol–water partition coefficient (Wildman–Crippen LogP) is 4.21. The van der Waals surface area contributed by atoms with Crippen LogP contribution in [0.25, 0.3) is 11.1 Å². The molecule has 2 aromatic carbocycles. The summed E-state index contributed by atoms with van der Waals surface area (Å²) in [6.07, 6.45) is 2.33. The maximum atomic E-state index is 13.9. The Balaban J connectivity index is 1.35. The summed E-state index contributed by atoms with van der Waals surface area (Å²) in [5, 5.41) is 9.67. The molecule has 0 radical (unpaired) electrons. The molecule has 2 aliphatic heterocycles. The zero-order valence-corrected chi connectivity index (χ0v) is 20.0. The third-order valence-corrected chi connectivity index (χ3v) is 6.89. The molecule has 33 heavy (non-hydrogen) atoms. The highest BCUT2D eigenvalue weighted by atomic mass is 19.1. The van der Waals surface area contributed by atoms with Gasteiger partial charge in [-0.25, -0.2) is 4.39 Å². The second-order valence-electron chi connectivity index (χ2n) is 10.2. The van der Waals surface area contributed by atoms with Crippen LogP contribution in [0.2, 0.25) is 0 Å². The standard InChI is InChI=1S/C27H36FN3O2/c1-27(2,28)19-30-15-12-24(13-16-30)29(3)23-10-8-21(9-11-23)20-4-6-22(7-5-20)26(33)31-17-14-25(32)18-31/h4-11,24-25,32H,12-19H2,1-3H3/t25-/m0/s1. The number of likely N-dealkylation sites (tertiary alicyclic amines) is 2. The quantitative estimate of drug-likeness (QED) is 0.712. The van der Waals surface area contributed by atoms with Gasteiger partial charge >= 0.3 is 0 Å². The van der Waals surface area contributed by atoms with E-state index >= 15 is 0 Å². The van der Waals surface area contributed by atoms with Crippen LogP contribution >= 0.6 is 0 Å². The van der Waals surface area contributed by atoms with Crippen molar-refractivity contribution in [2.24, 2.45) is 0 Å². The lowest BCUT2D eigenvalue weighted by atomic mass is 10.00. The van der Waals surface area contributed by atoms with Gasteiger partial charge in [0.15, 0.2) is 0 Å². The molecule has 0 spiro atoms. The van der Waals surface area contributed by atoms with Crippen LogP contribution in [0.5, 0.6) is 0 Å². The molecule has 5 nitrogen and oxygen atoms in total. The predicted molar refractivity (Wildman–Crippen MR) is 131 cm³/mol. The fourth-order valence-electron chi connectivity index (χ4n) is 5.01. The second kappa shape index (κ2) is 9.82. The average Bonchev–Trinajstić information content (AvgIpc) is 3.24. The van der Waals surface area contributed by atoms with Gasteiger partial charge in [0, 0.05) is 57.1 Å². The first-order valence-electron chi connectivity index (χ1n) is 12.0. The average molecular weight is 454 g/mol. The number of hydrogen-bond donors (Lipinski definition) is 1. The molecule has 6 heteroatoms. The summed E-state index contributed by atoms with van der Waals surface area (Å²) >= 11 is 0. The molecule has 2 fully saturated rings. The zero-order chi connectivity index (χ0) is 23.6. The molecule has 0 saturated carbocycles. The number of amides is 1. The van der Waals surface area contributed by atoms with Crippen LogP contribution < -0.4 is 4.90 Å². The first kappa shape index (κ1) is 23.7. The van der Waals surface area contributed by atoms with E-state index in [-0.39, 0.29) is 5.91 Å². The molecule has 178 valence electrons. The van der Waals surface area contributed by atoms with Gasteiger partial charge in [-0.05, 0) is 68.5 Å². The monoisotopic (exact) mass is 453 g/mol. The molecule has 2 aliphatic rings. The van der Waals surface area contributed by atoms with E-state index < -0.39 is 11.8 Å². The number of benzene rings is 2. The van der Waals surface area contributed by atoms with Crippen molar-refractivity contribution in [3.63, 3.8) is 0 Å². The number of alkyl halides is 1. The molecule has 0 unspecified atom stereocenters. The SMILES string of the molecule is CN(c1ccc(-c2ccc(C(=O)N3CC[C@H](O)C3)cc2)cc1)C1CCN(CC(C)(C)F)CC1. The van der Waals surface area contributed by atoms with E-state index in [1.165, 1.54) is 5.69 Å². The van der Waals surface area contributed by atoms with Crippen molar-refractivity contribution in [3.8, 4) is 11.1 Å². The maximum absolute atomic E-state index is 13.9. The van der Waals surface area contributed by atoms with Gasteiger partial charge < -0.3 is 19.8 Å². The van der Waals surface area contributed by atoms with Crippen LogP contribution in [0.15, 0.2) is 48.5 Å². The number of anilines is 1. The minimum atomic E-state index is -1.14. The molecule has 0 aromatic heterocycles. The van der Waals surface area contributed by atoms with Gasteiger partial charge in [-0.2, -0.15) is 0 Å². The Bertz CT molecular complexity index is 931. The Morgan fingerprint density at radius 2 is 1.58 bits per heavy atom. The number of hydrogen-bond acceptors (Lipinski definition) is 4. The highest BCUT2D eigenvalue weighted by molar-refractivity contribution is 5.95. The Kier molecular flexibility index (Phi) is 7.05. The van der Waals surface area contributed by atoms with Crippen molar-refractivity contribution < 1.29 is 14.3 Å². The number of aliphatic hydroxyl groups excluding tert-OH is 1. The summed E-state index contributed by atoms with van der Waals surface area (Å²) in [6.45, 7) is 6.70. The van der Waals surface area contributed by atoms with Crippen molar-refractivity contribution >= 4 is 11.6 Å². The molecule has 0 aliphatic carbocycles. The normalized spacial score (nSPS) is 20.3. The number of carbonyl (C=O) groups excluding carboxylic acids is 1. The van der Waals surface area contributed by atoms with Gasteiger partial charge in [-0.3, -0.25) is 4.79 Å². The van der Waals surface area contributed by atoms with Crippen molar-refractivity contribution in [1.29, 1.82) is 0 Å². The van der Waals surface area contributed by atoms with E-state index in [1.54, 1.807) is 18.7 Å². The summed E-state index contributed by atoms with van der Waals surface area (Å²) in [5.41, 5.74) is 2.89. The number of rotatable bonds is 6. The molecule has 2 aromatic rings. The highest BCUT2D eigenvalue weighted by Crippen LogP contribution is 2.27. The Hall–Kier alpha value is -2.44. The molecule has 1 atom stereocenters. The molecule has 2 saturated heterocycles. The maximum Gasteiger partial charge on any atom is 0.253 e. The van der Waals surface area contributed by atoms with Crippen molar-refractivity contribution in [2.45, 2.75) is 50.9 Å². The number of carbonyl (C=O) groups is 1. The van der Waals surface area contributed by atoms with Gasteiger partial charge in [0.1, 0.15) is 5.67 Å². The number of halogens is 1. The lowest BCUT2D eigenvalue weighted by molar-refractivity contribution is 0.0765. The van der Waals surface area contributed by atoms with Crippen LogP contribution in [0.1, 0.15) is 43.5 Å². The van der Waals surface area contributed by atoms with E-state index in [9.17, 15) is 14.3 Å². The Labute approximate surface area is 196 Å². The third-order valence-electron chi connectivity index (χ3n) is 6.89. The summed E-state index contributed by atoms with van der Waals surface area (Å²) in [5.74, 6) is -0.0174. The largest absolute Gasteiger partial charge is 0.391 e. The van der Waals surface area contributed by atoms with E-state index in [1.807, 2.05) is 24.3 Å². The Morgan fingerprint density at radius 3 is 2.09 bits per heavy atom. The van der Waals surface area contributed by atoms with Crippen LogP contribution in [0.3, 0.4) is 0 Å². The van der Waals surface area contributed by atoms with E-state index in [2.05, 4.69) is 41.1 Å². The summed E-state index contributed by atoms with van der Waals surface area (Å²) in [7, 11) is 2.14. The number of piperidine rings is 1. The van der Waals surface area contributed by atoms with Crippen LogP contribution in [0, 0.1) is 0 Å². The lowest BCUT2D eigenvalue weighted by Gasteiger charge is -2.39. The van der Waals surface area contributed by atoms with Gasteiger partial charge in [-0.1, -0.05) is 24.3 Å². The van der Waals surface area contributed by atoms with Crippen LogP contribution in [0.4, 0.5) is 10.1 Å². The zero-order valence-electron chi connectivity index (χ0n) is 20.0. The molecular weight excluding hydrogens is 417 g/mol. The van der Waals surface area contributed by atoms with Crippen molar-refractivity contribution in [3.05, 3.63) is 54.1 Å². The number of nitrogens with zero attached hydrogens (tertiary/aromatic N) is 3. The molecular formula is C27H36FN3O2. The van der Waals surface area contributed by atoms with E-state index in [0.717, 1.165) is 37.1 Å². The summed E-state index contributed by atoms with van der Waals surface area (Å²) < 4.78 is 13.9. The van der Waals surface area contributed by atoms with Gasteiger partial charge in [0.2, 0.25) is 0 Å². The van der Waals surface area contributed by atoms with Gasteiger partial charge in [0.05, 0.1) is 6.10 Å². The topological polar surface area (TPSA) is 47.0 Å². The van der Waals surface area contributed by atoms with Gasteiger partial charge in [0.25, 0.3) is 5.91 Å². The first-order chi connectivity index (χ1) is 15.7. The van der Waals surface area contributed by atoms with Crippen molar-refractivity contribution in [1.82, 2.24) is 9.80 Å². The smallest absolute Gasteiger partial charge is 0.253 e. The number of aliphatic hydroxyl groups is 1. The van der Waals surface area contributed by atoms with E-state index in [0.29, 0.717) is 37.7 Å². The van der Waals surface area contributed by atoms with Crippen LogP contribution in [-0.2, 0) is 0 Å². The molecule has 2 heterocycles.